The number of pyridine rings is 1. The first-order valence-corrected chi connectivity index (χ1v) is 8.85. The SMILES string of the molecule is N/C(=N\OCc1csc(Br)c1)c1ccc(Oc2ccc(F)cc2)nc1. The normalized spacial score (nSPS) is 11.4. The van der Waals surface area contributed by atoms with Gasteiger partial charge in [0.05, 0.1) is 3.79 Å². The first kappa shape index (κ1) is 17.4. The largest absolute Gasteiger partial charge is 0.439 e. The van der Waals surface area contributed by atoms with Gasteiger partial charge in [-0.1, -0.05) is 5.16 Å². The number of benzene rings is 1. The van der Waals surface area contributed by atoms with Crippen molar-refractivity contribution in [2.45, 2.75) is 6.61 Å². The van der Waals surface area contributed by atoms with E-state index < -0.39 is 0 Å². The van der Waals surface area contributed by atoms with E-state index in [4.69, 9.17) is 15.3 Å². The minimum absolute atomic E-state index is 0.218. The summed E-state index contributed by atoms with van der Waals surface area (Å²) in [6.45, 7) is 0.335. The molecule has 128 valence electrons. The lowest BCUT2D eigenvalue weighted by Gasteiger charge is -2.05. The van der Waals surface area contributed by atoms with E-state index >= 15 is 0 Å². The van der Waals surface area contributed by atoms with Gasteiger partial charge in [0.25, 0.3) is 0 Å². The van der Waals surface area contributed by atoms with Gasteiger partial charge in [-0.15, -0.1) is 11.3 Å². The molecule has 8 heteroatoms. The standard InChI is InChI=1S/C17H13BrFN3O2S/c18-15-7-11(10-25-15)9-23-22-17(20)12-1-6-16(21-8-12)24-14-4-2-13(19)3-5-14/h1-8,10H,9H2,(H2,20,22). The van der Waals surface area contributed by atoms with Crippen LogP contribution >= 0.6 is 27.3 Å². The van der Waals surface area contributed by atoms with Crippen LogP contribution in [0.1, 0.15) is 11.1 Å². The number of rotatable bonds is 6. The Morgan fingerprint density at radius 3 is 2.68 bits per heavy atom. The van der Waals surface area contributed by atoms with Crippen LogP contribution in [0, 0.1) is 5.82 Å². The van der Waals surface area contributed by atoms with Crippen LogP contribution in [0.5, 0.6) is 11.6 Å². The summed E-state index contributed by atoms with van der Waals surface area (Å²) in [6, 6.07) is 11.0. The van der Waals surface area contributed by atoms with Crippen molar-refractivity contribution in [3.05, 3.63) is 74.8 Å². The van der Waals surface area contributed by atoms with E-state index in [1.54, 1.807) is 23.5 Å². The third-order valence-electron chi connectivity index (χ3n) is 3.08. The van der Waals surface area contributed by atoms with Gasteiger partial charge < -0.3 is 15.3 Å². The van der Waals surface area contributed by atoms with Crippen molar-refractivity contribution in [3.8, 4) is 11.6 Å². The Bertz CT molecular complexity index is 866. The number of hydrogen-bond donors (Lipinski definition) is 1. The van der Waals surface area contributed by atoms with Gasteiger partial charge in [0.15, 0.2) is 5.84 Å². The molecule has 5 nitrogen and oxygen atoms in total. The Morgan fingerprint density at radius 1 is 1.24 bits per heavy atom. The molecule has 0 atom stereocenters. The first-order valence-electron chi connectivity index (χ1n) is 7.18. The van der Waals surface area contributed by atoms with E-state index in [0.717, 1.165) is 9.35 Å². The maximum atomic E-state index is 12.9. The number of halogens is 2. The summed E-state index contributed by atoms with van der Waals surface area (Å²) in [5.74, 6) is 0.755. The second-order valence-electron chi connectivity index (χ2n) is 4.95. The molecule has 0 aliphatic carbocycles. The molecule has 0 saturated heterocycles. The van der Waals surface area contributed by atoms with Gasteiger partial charge >= 0.3 is 0 Å². The van der Waals surface area contributed by atoms with E-state index in [9.17, 15) is 4.39 Å². The fraction of sp³-hybridized carbons (Fsp3) is 0.0588. The number of amidine groups is 1. The van der Waals surface area contributed by atoms with Crippen LogP contribution < -0.4 is 10.5 Å². The van der Waals surface area contributed by atoms with Crippen molar-refractivity contribution < 1.29 is 14.0 Å². The van der Waals surface area contributed by atoms with Crippen molar-refractivity contribution in [1.82, 2.24) is 4.98 Å². The lowest BCUT2D eigenvalue weighted by molar-refractivity contribution is 0.130. The molecule has 2 heterocycles. The highest BCUT2D eigenvalue weighted by Crippen LogP contribution is 2.21. The van der Waals surface area contributed by atoms with Gasteiger partial charge in [-0.25, -0.2) is 9.37 Å². The lowest BCUT2D eigenvalue weighted by Crippen LogP contribution is -2.14. The van der Waals surface area contributed by atoms with Gasteiger partial charge in [-0.2, -0.15) is 0 Å². The maximum Gasteiger partial charge on any atom is 0.219 e. The number of hydrogen-bond acceptors (Lipinski definition) is 5. The summed E-state index contributed by atoms with van der Waals surface area (Å²) < 4.78 is 19.4. The molecule has 0 bridgehead atoms. The molecule has 0 radical (unpaired) electrons. The molecule has 0 spiro atoms. The second-order valence-corrected chi connectivity index (χ2v) is 7.24. The summed E-state index contributed by atoms with van der Waals surface area (Å²) in [5, 5.41) is 5.85. The van der Waals surface area contributed by atoms with E-state index in [1.165, 1.54) is 30.5 Å². The highest BCUT2D eigenvalue weighted by Gasteiger charge is 2.04. The van der Waals surface area contributed by atoms with Crippen LogP contribution in [0.2, 0.25) is 0 Å². The van der Waals surface area contributed by atoms with Crippen molar-refractivity contribution in [2.24, 2.45) is 10.9 Å². The molecule has 0 saturated carbocycles. The van der Waals surface area contributed by atoms with Gasteiger partial charge in [0.1, 0.15) is 18.2 Å². The minimum atomic E-state index is -0.325. The van der Waals surface area contributed by atoms with Crippen molar-refractivity contribution in [3.63, 3.8) is 0 Å². The molecule has 2 N–H and O–H groups in total. The van der Waals surface area contributed by atoms with Gasteiger partial charge in [0.2, 0.25) is 5.88 Å². The van der Waals surface area contributed by atoms with E-state index in [-0.39, 0.29) is 11.7 Å². The van der Waals surface area contributed by atoms with Crippen LogP contribution in [-0.2, 0) is 11.4 Å². The molecule has 0 fully saturated rings. The van der Waals surface area contributed by atoms with Crippen LogP contribution in [0.3, 0.4) is 0 Å². The Balaban J connectivity index is 1.58. The number of aromatic nitrogens is 1. The molecule has 1 aromatic carbocycles. The van der Waals surface area contributed by atoms with Crippen LogP contribution in [0.15, 0.2) is 63.0 Å². The third kappa shape index (κ3) is 5.01. The van der Waals surface area contributed by atoms with Crippen LogP contribution in [-0.4, -0.2) is 10.8 Å². The highest BCUT2D eigenvalue weighted by molar-refractivity contribution is 9.11. The quantitative estimate of drug-likeness (QED) is 0.356. The predicted molar refractivity (Wildman–Crippen MR) is 98.2 cm³/mol. The monoisotopic (exact) mass is 421 g/mol. The van der Waals surface area contributed by atoms with Crippen molar-refractivity contribution >= 4 is 33.1 Å². The van der Waals surface area contributed by atoms with E-state index in [1.807, 2.05) is 11.4 Å². The van der Waals surface area contributed by atoms with E-state index in [2.05, 4.69) is 26.1 Å². The second kappa shape index (κ2) is 8.09. The number of ether oxygens (including phenoxy) is 1. The Morgan fingerprint density at radius 2 is 2.04 bits per heavy atom. The molecule has 0 aliphatic rings. The topological polar surface area (TPSA) is 69.7 Å². The summed E-state index contributed by atoms with van der Waals surface area (Å²) in [5.41, 5.74) is 7.50. The van der Waals surface area contributed by atoms with Crippen LogP contribution in [0.4, 0.5) is 4.39 Å². The first-order chi connectivity index (χ1) is 12.1. The molecule has 0 aliphatic heterocycles. The van der Waals surface area contributed by atoms with Gasteiger partial charge in [0, 0.05) is 23.4 Å². The molecular formula is C17H13BrFN3O2S. The van der Waals surface area contributed by atoms with E-state index in [0.29, 0.717) is 23.8 Å². The maximum absolute atomic E-state index is 12.9. The summed E-state index contributed by atoms with van der Waals surface area (Å²) in [6.07, 6.45) is 1.53. The fourth-order valence-corrected chi connectivity index (χ4v) is 3.06. The zero-order valence-corrected chi connectivity index (χ0v) is 15.3. The molecule has 0 amide bonds. The average Bonchev–Trinajstić information content (AvgIpc) is 3.03. The number of oxime groups is 1. The summed E-state index contributed by atoms with van der Waals surface area (Å²) >= 11 is 4.96. The zero-order valence-electron chi connectivity index (χ0n) is 12.9. The Labute approximate surface area is 156 Å². The smallest absolute Gasteiger partial charge is 0.219 e. The van der Waals surface area contributed by atoms with Gasteiger partial charge in [-0.3, -0.25) is 0 Å². The number of nitrogens with two attached hydrogens (primary N) is 1. The van der Waals surface area contributed by atoms with Crippen molar-refractivity contribution in [1.29, 1.82) is 0 Å². The molecular weight excluding hydrogens is 409 g/mol. The third-order valence-corrected chi connectivity index (χ3v) is 4.64. The highest BCUT2D eigenvalue weighted by atomic mass is 79.9. The lowest BCUT2D eigenvalue weighted by atomic mass is 10.3. The number of nitrogens with zero attached hydrogens (tertiary/aromatic N) is 2. The summed E-state index contributed by atoms with van der Waals surface area (Å²) in [7, 11) is 0. The Kier molecular flexibility index (Phi) is 5.62. The molecule has 0 unspecified atom stereocenters. The zero-order chi connectivity index (χ0) is 17.6. The molecule has 3 rings (SSSR count). The van der Waals surface area contributed by atoms with Gasteiger partial charge in [-0.05, 0) is 57.7 Å². The molecule has 2 aromatic heterocycles. The van der Waals surface area contributed by atoms with Crippen LogP contribution in [0.25, 0.3) is 0 Å². The number of thiophene rings is 1. The Hall–Kier alpha value is -2.45. The predicted octanol–water partition coefficient (Wildman–Crippen LogP) is 4.67. The average molecular weight is 422 g/mol. The minimum Gasteiger partial charge on any atom is -0.439 e. The van der Waals surface area contributed by atoms with Crippen molar-refractivity contribution in [2.75, 3.05) is 0 Å². The fourth-order valence-electron chi connectivity index (χ4n) is 1.87. The summed E-state index contributed by atoms with van der Waals surface area (Å²) in [4.78, 5) is 9.39. The molecule has 25 heavy (non-hydrogen) atoms. The molecule has 3 aromatic rings.